The maximum atomic E-state index is 12.3. The Balaban J connectivity index is 1.88. The average molecular weight is 300 g/mol. The van der Waals surface area contributed by atoms with Crippen LogP contribution < -0.4 is 5.32 Å². The van der Waals surface area contributed by atoms with Crippen molar-refractivity contribution in [2.45, 2.75) is 37.2 Å². The van der Waals surface area contributed by atoms with Crippen LogP contribution in [0.25, 0.3) is 0 Å². The molecule has 0 aromatic carbocycles. The Morgan fingerprint density at radius 2 is 2.06 bits per heavy atom. The van der Waals surface area contributed by atoms with Crippen LogP contribution in [0.2, 0.25) is 0 Å². The van der Waals surface area contributed by atoms with Gasteiger partial charge in [0.1, 0.15) is 0 Å². The van der Waals surface area contributed by atoms with E-state index in [1.165, 1.54) is 0 Å². The molecule has 0 saturated heterocycles. The van der Waals surface area contributed by atoms with Crippen molar-refractivity contribution >= 4 is 28.3 Å². The summed E-state index contributed by atoms with van der Waals surface area (Å²) in [7, 11) is 0. The molecule has 1 aliphatic rings. The minimum absolute atomic E-state index is 0.0984. The summed E-state index contributed by atoms with van der Waals surface area (Å²) in [5.41, 5.74) is 0. The Kier molecular flexibility index (Phi) is 4.32. The van der Waals surface area contributed by atoms with Crippen molar-refractivity contribution in [1.29, 1.82) is 0 Å². The Morgan fingerprint density at radius 3 is 2.67 bits per heavy atom. The lowest BCUT2D eigenvalue weighted by atomic mass is 9.89. The summed E-state index contributed by atoms with van der Waals surface area (Å²) >= 11 is 6.90. The molecule has 0 bridgehead atoms. The highest BCUT2D eigenvalue weighted by Crippen LogP contribution is 2.31. The van der Waals surface area contributed by atoms with E-state index in [-0.39, 0.29) is 10.5 Å². The molecule has 18 heavy (non-hydrogen) atoms. The molecule has 8 heteroatoms. The number of hydrogen-bond acceptors (Lipinski definition) is 4. The standard InChI is InChI=1S/C10H13ClF3N3S/c11-7-4-2-1-3-6(7)5-15-9-16-8(17-18-9)10(12,13)14/h6-7H,1-5H2,(H,15,16,17). The smallest absolute Gasteiger partial charge is 0.360 e. The van der Waals surface area contributed by atoms with Gasteiger partial charge in [-0.25, -0.2) is 0 Å². The van der Waals surface area contributed by atoms with Crippen LogP contribution in [-0.4, -0.2) is 21.3 Å². The van der Waals surface area contributed by atoms with Crippen molar-refractivity contribution in [3.63, 3.8) is 0 Å². The summed E-state index contributed by atoms with van der Waals surface area (Å²) in [5.74, 6) is -0.792. The fourth-order valence-electron chi connectivity index (χ4n) is 2.02. The molecule has 0 spiro atoms. The first-order valence-corrected chi connectivity index (χ1v) is 6.96. The van der Waals surface area contributed by atoms with Gasteiger partial charge in [-0.15, -0.1) is 11.6 Å². The highest BCUT2D eigenvalue weighted by Gasteiger charge is 2.36. The van der Waals surface area contributed by atoms with Crippen molar-refractivity contribution in [2.24, 2.45) is 5.92 Å². The molecule has 2 atom stereocenters. The predicted molar refractivity (Wildman–Crippen MR) is 65.0 cm³/mol. The zero-order valence-electron chi connectivity index (χ0n) is 9.50. The molecule has 1 aromatic rings. The summed E-state index contributed by atoms with van der Waals surface area (Å²) in [6.07, 6.45) is -0.249. The van der Waals surface area contributed by atoms with Gasteiger partial charge in [0.25, 0.3) is 0 Å². The second-order valence-corrected chi connectivity index (χ2v) is 5.67. The monoisotopic (exact) mass is 299 g/mol. The Labute approximate surface area is 112 Å². The molecule has 3 nitrogen and oxygen atoms in total. The van der Waals surface area contributed by atoms with Crippen LogP contribution >= 0.6 is 23.1 Å². The number of nitrogens with one attached hydrogen (secondary N) is 1. The SMILES string of the molecule is FC(F)(F)c1nsc(NCC2CCCCC2Cl)n1. The number of aromatic nitrogens is 2. The summed E-state index contributed by atoms with van der Waals surface area (Å²) < 4.78 is 40.2. The highest BCUT2D eigenvalue weighted by molar-refractivity contribution is 7.09. The average Bonchev–Trinajstić information content (AvgIpc) is 2.76. The predicted octanol–water partition coefficient (Wildman–Crippen LogP) is 3.77. The van der Waals surface area contributed by atoms with E-state index < -0.39 is 12.0 Å². The molecule has 1 heterocycles. The third-order valence-corrected chi connectivity index (χ3v) is 4.26. The van der Waals surface area contributed by atoms with E-state index in [1.807, 2.05) is 0 Å². The van der Waals surface area contributed by atoms with Crippen LogP contribution in [0.15, 0.2) is 0 Å². The molecule has 1 fully saturated rings. The third-order valence-electron chi connectivity index (χ3n) is 3.01. The molecule has 102 valence electrons. The molecule has 2 unspecified atom stereocenters. The largest absolute Gasteiger partial charge is 0.452 e. The van der Waals surface area contributed by atoms with Gasteiger partial charge in [0.05, 0.1) is 0 Å². The summed E-state index contributed by atoms with van der Waals surface area (Å²) in [6, 6.07) is 0. The molecule has 1 N–H and O–H groups in total. The van der Waals surface area contributed by atoms with Gasteiger partial charge >= 0.3 is 6.18 Å². The number of nitrogens with zero attached hydrogens (tertiary/aromatic N) is 2. The van der Waals surface area contributed by atoms with E-state index in [9.17, 15) is 13.2 Å². The summed E-state index contributed by atoms with van der Waals surface area (Å²) in [4.78, 5) is 3.42. The zero-order chi connectivity index (χ0) is 13.2. The van der Waals surface area contributed by atoms with Gasteiger partial charge < -0.3 is 5.32 Å². The topological polar surface area (TPSA) is 37.8 Å². The molecular weight excluding hydrogens is 287 g/mol. The second-order valence-electron chi connectivity index (χ2n) is 4.36. The fourth-order valence-corrected chi connectivity index (χ4v) is 2.98. The van der Waals surface area contributed by atoms with Crippen molar-refractivity contribution in [1.82, 2.24) is 9.36 Å². The number of halogens is 4. The second kappa shape index (κ2) is 5.61. The zero-order valence-corrected chi connectivity index (χ0v) is 11.1. The third kappa shape index (κ3) is 3.47. The van der Waals surface area contributed by atoms with E-state index >= 15 is 0 Å². The van der Waals surface area contributed by atoms with Crippen molar-refractivity contribution in [3.8, 4) is 0 Å². The molecule has 0 amide bonds. The quantitative estimate of drug-likeness (QED) is 0.864. The van der Waals surface area contributed by atoms with Crippen LogP contribution in [0.1, 0.15) is 31.5 Å². The van der Waals surface area contributed by atoms with Crippen LogP contribution in [0.4, 0.5) is 18.3 Å². The molecule has 2 rings (SSSR count). The van der Waals surface area contributed by atoms with Crippen LogP contribution in [-0.2, 0) is 6.18 Å². The Morgan fingerprint density at radius 1 is 1.33 bits per heavy atom. The van der Waals surface area contributed by atoms with E-state index in [2.05, 4.69) is 14.7 Å². The molecular formula is C10H13ClF3N3S. The number of hydrogen-bond donors (Lipinski definition) is 1. The van der Waals surface area contributed by atoms with Crippen LogP contribution in [0.5, 0.6) is 0 Å². The fraction of sp³-hybridized carbons (Fsp3) is 0.800. The summed E-state index contributed by atoms with van der Waals surface area (Å²) in [5, 5.41) is 3.20. The van der Waals surface area contributed by atoms with Crippen molar-refractivity contribution in [2.75, 3.05) is 11.9 Å². The minimum Gasteiger partial charge on any atom is -0.360 e. The van der Waals surface area contributed by atoms with Gasteiger partial charge in [-0.2, -0.15) is 22.5 Å². The lowest BCUT2D eigenvalue weighted by molar-refractivity contribution is -0.144. The first-order valence-electron chi connectivity index (χ1n) is 5.75. The molecule has 0 aliphatic heterocycles. The molecule has 1 saturated carbocycles. The Bertz CT molecular complexity index is 396. The molecule has 1 aliphatic carbocycles. The van der Waals surface area contributed by atoms with Gasteiger partial charge in [-0.1, -0.05) is 12.8 Å². The minimum atomic E-state index is -4.48. The van der Waals surface area contributed by atoms with Gasteiger partial charge in [0.15, 0.2) is 0 Å². The van der Waals surface area contributed by atoms with E-state index in [0.29, 0.717) is 12.5 Å². The van der Waals surface area contributed by atoms with Crippen LogP contribution in [0.3, 0.4) is 0 Å². The maximum absolute atomic E-state index is 12.3. The molecule has 1 aromatic heterocycles. The van der Waals surface area contributed by atoms with Crippen molar-refractivity contribution in [3.05, 3.63) is 5.82 Å². The normalized spacial score (nSPS) is 25.1. The number of alkyl halides is 4. The summed E-state index contributed by atoms with van der Waals surface area (Å²) in [6.45, 7) is 0.556. The maximum Gasteiger partial charge on any atom is 0.452 e. The van der Waals surface area contributed by atoms with Gasteiger partial charge in [-0.05, 0) is 18.8 Å². The van der Waals surface area contributed by atoms with Gasteiger partial charge in [0, 0.05) is 23.5 Å². The van der Waals surface area contributed by atoms with Gasteiger partial charge in [-0.3, -0.25) is 0 Å². The lowest BCUT2D eigenvalue weighted by Gasteiger charge is -2.26. The first kappa shape index (κ1) is 13.9. The number of rotatable bonds is 3. The Hall–Kier alpha value is -0.560. The van der Waals surface area contributed by atoms with E-state index in [1.54, 1.807) is 0 Å². The van der Waals surface area contributed by atoms with E-state index in [4.69, 9.17) is 11.6 Å². The number of anilines is 1. The molecule has 0 radical (unpaired) electrons. The lowest BCUT2D eigenvalue weighted by Crippen LogP contribution is -2.26. The first-order chi connectivity index (χ1) is 8.47. The van der Waals surface area contributed by atoms with Gasteiger partial charge in [0.2, 0.25) is 11.0 Å². The van der Waals surface area contributed by atoms with E-state index in [0.717, 1.165) is 37.2 Å². The van der Waals surface area contributed by atoms with Crippen LogP contribution in [0, 0.1) is 5.92 Å². The van der Waals surface area contributed by atoms with Crippen molar-refractivity contribution < 1.29 is 13.2 Å². The highest BCUT2D eigenvalue weighted by atomic mass is 35.5.